The van der Waals surface area contributed by atoms with E-state index in [-0.39, 0.29) is 18.4 Å². The summed E-state index contributed by atoms with van der Waals surface area (Å²) in [7, 11) is -0.917. The number of ether oxygens (including phenoxy) is 1. The summed E-state index contributed by atoms with van der Waals surface area (Å²) in [5.41, 5.74) is 2.81. The molecule has 36 heavy (non-hydrogen) atoms. The van der Waals surface area contributed by atoms with Gasteiger partial charge in [0.15, 0.2) is 11.6 Å². The van der Waals surface area contributed by atoms with E-state index in [1.807, 2.05) is 0 Å². The van der Waals surface area contributed by atoms with Gasteiger partial charge in [0.1, 0.15) is 30.8 Å². The monoisotopic (exact) mass is 551 g/mol. The third-order valence-corrected chi connectivity index (χ3v) is 6.18. The third kappa shape index (κ3) is 7.86. The fraction of sp³-hybridized carbons (Fsp3) is 0.364. The summed E-state index contributed by atoms with van der Waals surface area (Å²) < 4.78 is 72.5. The molecule has 0 saturated carbocycles. The van der Waals surface area contributed by atoms with Crippen molar-refractivity contribution >= 4 is 20.4 Å². The smallest absolute Gasteiger partial charge is 0.419 e. The summed E-state index contributed by atoms with van der Waals surface area (Å²) in [5.74, 6) is -2.03. The van der Waals surface area contributed by atoms with E-state index in [0.29, 0.717) is 53.4 Å². The Balaban J connectivity index is 0.00000115. The van der Waals surface area contributed by atoms with Gasteiger partial charge in [0.2, 0.25) is 0 Å². The van der Waals surface area contributed by atoms with E-state index in [0.717, 1.165) is 18.2 Å². The summed E-state index contributed by atoms with van der Waals surface area (Å²) in [5, 5.41) is 9.04. The largest absolute Gasteiger partial charge is 0.493 e. The molecule has 7 nitrogen and oxygen atoms in total. The first-order valence-electron chi connectivity index (χ1n) is 10.7. The van der Waals surface area contributed by atoms with Gasteiger partial charge in [-0.3, -0.25) is 4.84 Å². The molecule has 196 valence electrons. The molecule has 3 N–H and O–H groups in total. The molecule has 1 atom stereocenters. The van der Waals surface area contributed by atoms with Gasteiger partial charge in [-0.25, -0.2) is 8.78 Å². The van der Waals surface area contributed by atoms with Crippen molar-refractivity contribution in [2.45, 2.75) is 37.9 Å². The van der Waals surface area contributed by atoms with Crippen LogP contribution in [-0.4, -0.2) is 33.2 Å². The van der Waals surface area contributed by atoms with Crippen LogP contribution in [0.4, 0.5) is 22.0 Å². The van der Waals surface area contributed by atoms with Crippen LogP contribution in [0.5, 0.6) is 5.75 Å². The first kappa shape index (κ1) is 28.3. The molecule has 2 aromatic carbocycles. The van der Waals surface area contributed by atoms with Gasteiger partial charge in [-0.1, -0.05) is 17.4 Å². The Kier molecular flexibility index (Phi) is 10.5. The van der Waals surface area contributed by atoms with Crippen LogP contribution in [0.15, 0.2) is 36.4 Å². The molecule has 2 heterocycles. The van der Waals surface area contributed by atoms with E-state index in [1.54, 1.807) is 0 Å². The predicted molar refractivity (Wildman–Crippen MR) is 124 cm³/mol. The molecule has 1 aliphatic rings. The Morgan fingerprint density at radius 2 is 1.81 bits per heavy atom. The molecule has 1 aromatic heterocycles. The summed E-state index contributed by atoms with van der Waals surface area (Å²) in [6.45, 7) is 0.548. The van der Waals surface area contributed by atoms with Crippen molar-refractivity contribution in [2.75, 3.05) is 13.2 Å². The number of unbranched alkanes of at least 4 members (excludes halogenated alkanes) is 2. The Morgan fingerprint density at radius 3 is 2.44 bits per heavy atom. The highest BCUT2D eigenvalue weighted by atomic mass is 32.1. The third-order valence-electron chi connectivity index (χ3n) is 5.10. The van der Waals surface area contributed by atoms with Gasteiger partial charge in [-0.2, -0.15) is 18.7 Å². The predicted octanol–water partition coefficient (Wildman–Crippen LogP) is 5.35. The Morgan fingerprint density at radius 1 is 1.06 bits per heavy atom. The van der Waals surface area contributed by atoms with Crippen molar-refractivity contribution in [1.29, 1.82) is 0 Å². The second-order valence-corrected chi connectivity index (χ2v) is 8.85. The molecule has 14 heteroatoms. The maximum absolute atomic E-state index is 13.6. The van der Waals surface area contributed by atoms with Gasteiger partial charge in [0.05, 0.1) is 18.8 Å². The zero-order valence-electron chi connectivity index (χ0n) is 18.7. The number of aromatic nitrogens is 2. The van der Waals surface area contributed by atoms with Crippen LogP contribution < -0.4 is 10.2 Å². The van der Waals surface area contributed by atoms with E-state index >= 15 is 0 Å². The van der Waals surface area contributed by atoms with Crippen molar-refractivity contribution < 1.29 is 41.3 Å². The van der Waals surface area contributed by atoms with Crippen molar-refractivity contribution in [3.05, 3.63) is 64.2 Å². The maximum Gasteiger partial charge on any atom is 0.419 e. The van der Waals surface area contributed by atoms with Crippen LogP contribution in [-0.2, 0) is 17.4 Å². The lowest BCUT2D eigenvalue weighted by atomic mass is 10.1. The minimum atomic E-state index is -4.59. The van der Waals surface area contributed by atoms with Crippen LogP contribution in [0.1, 0.15) is 41.4 Å². The summed E-state index contributed by atoms with van der Waals surface area (Å²) in [6.07, 6.45) is -2.16. The van der Waals surface area contributed by atoms with E-state index in [4.69, 9.17) is 19.4 Å². The Labute approximate surface area is 209 Å². The van der Waals surface area contributed by atoms with Gasteiger partial charge in [0, 0.05) is 5.56 Å². The minimum Gasteiger partial charge on any atom is -0.493 e. The van der Waals surface area contributed by atoms with Gasteiger partial charge in [-0.05, 0) is 61.6 Å². The number of nitrogens with one attached hydrogen (secondary N) is 1. The highest BCUT2D eigenvalue weighted by molar-refractivity contribution is 7.23. The van der Waals surface area contributed by atoms with Crippen LogP contribution in [0.3, 0.4) is 0 Å². The van der Waals surface area contributed by atoms with Gasteiger partial charge >= 0.3 is 6.18 Å². The van der Waals surface area contributed by atoms with Crippen molar-refractivity contribution in [3.8, 4) is 16.3 Å². The van der Waals surface area contributed by atoms with Crippen molar-refractivity contribution in [2.24, 2.45) is 0 Å². The number of hydrogen-bond acceptors (Lipinski definition) is 8. The van der Waals surface area contributed by atoms with E-state index in [2.05, 4.69) is 15.7 Å². The quantitative estimate of drug-likeness (QED) is 0.188. The van der Waals surface area contributed by atoms with Gasteiger partial charge < -0.3 is 14.5 Å². The molecule has 0 radical (unpaired) electrons. The molecule has 4 rings (SSSR count). The first-order chi connectivity index (χ1) is 17.2. The number of nitrogens with zero attached hydrogens (tertiary/aromatic N) is 2. The molecular weight excluding hydrogens is 528 g/mol. The number of alkyl halides is 3. The Hall–Kier alpha value is -2.28. The minimum absolute atomic E-state index is 0.0944. The first-order valence-corrected chi connectivity index (χ1v) is 12.5. The molecule has 0 amide bonds. The molecular formula is C22H23F5N3O4PS. The highest BCUT2D eigenvalue weighted by Crippen LogP contribution is 2.40. The molecule has 0 aliphatic carbocycles. The molecule has 0 spiro atoms. The number of hydroxylamine groups is 1. The lowest BCUT2D eigenvalue weighted by molar-refractivity contribution is -0.138. The molecule has 0 bridgehead atoms. The summed E-state index contributed by atoms with van der Waals surface area (Å²) >= 11 is 1.20. The zero-order chi connectivity index (χ0) is 26.1. The van der Waals surface area contributed by atoms with E-state index in [1.165, 1.54) is 29.5 Å². The normalized spacial score (nSPS) is 15.1. The number of halogens is 5. The van der Waals surface area contributed by atoms with Gasteiger partial charge in [-0.15, -0.1) is 10.2 Å². The van der Waals surface area contributed by atoms with Crippen LogP contribution in [0, 0.1) is 11.6 Å². The van der Waals surface area contributed by atoms with Crippen molar-refractivity contribution in [3.63, 3.8) is 0 Å². The molecule has 3 aromatic rings. The number of aryl methyl sites for hydroxylation is 1. The second-order valence-electron chi connectivity index (χ2n) is 7.64. The fourth-order valence-corrected chi connectivity index (χ4v) is 4.14. The fourth-order valence-electron chi connectivity index (χ4n) is 3.28. The Bertz CT molecular complexity index is 1130. The van der Waals surface area contributed by atoms with Crippen molar-refractivity contribution in [1.82, 2.24) is 15.7 Å². The molecule has 1 unspecified atom stereocenters. The van der Waals surface area contributed by atoms with E-state index < -0.39 is 32.4 Å². The lowest BCUT2D eigenvalue weighted by Crippen LogP contribution is -2.37. The molecule has 1 saturated heterocycles. The van der Waals surface area contributed by atoms with Crippen LogP contribution in [0.2, 0.25) is 0 Å². The SMILES string of the molecule is Fc1ccc(CCCCCOc2ccc(-c3nnc(C4CON4)s3)cc2C(F)(F)F)cc1F.OPO. The maximum atomic E-state index is 13.6. The van der Waals surface area contributed by atoms with E-state index in [9.17, 15) is 22.0 Å². The standard InChI is InChI=1S/C22H20F5N3O2S.H3O2P/c23-16-7-5-13(10-17(16)24)4-2-1-3-9-31-19-8-6-14(11-15(19)22(25,26)27)20-28-29-21(33-20)18-12-32-30-18;1-3-2/h5-8,10-11,18,30H,1-4,9,12H2;1-3H. The number of hydrogen-bond donors (Lipinski definition) is 3. The van der Waals surface area contributed by atoms with Crippen LogP contribution >= 0.6 is 20.4 Å². The number of benzene rings is 2. The molecule has 1 aliphatic heterocycles. The second kappa shape index (κ2) is 13.3. The van der Waals surface area contributed by atoms with Crippen LogP contribution in [0.25, 0.3) is 10.6 Å². The summed E-state index contributed by atoms with van der Waals surface area (Å²) in [6, 6.07) is 7.51. The highest BCUT2D eigenvalue weighted by Gasteiger charge is 2.35. The molecule has 1 fully saturated rings. The topological polar surface area (TPSA) is 96.7 Å². The average Bonchev–Trinajstić information content (AvgIpc) is 3.26. The number of rotatable bonds is 9. The average molecular weight is 551 g/mol. The lowest BCUT2D eigenvalue weighted by Gasteiger charge is -2.24. The summed E-state index contributed by atoms with van der Waals surface area (Å²) in [4.78, 5) is 19.2. The zero-order valence-corrected chi connectivity index (χ0v) is 20.5. The van der Waals surface area contributed by atoms with Gasteiger partial charge in [0.25, 0.3) is 0 Å².